The normalized spacial score (nSPS) is 11.1. The van der Waals surface area contributed by atoms with Gasteiger partial charge in [-0.3, -0.25) is 4.79 Å². The molecule has 0 spiro atoms. The highest BCUT2D eigenvalue weighted by Gasteiger charge is 2.18. The molecule has 1 N–H and O–H groups in total. The van der Waals surface area contributed by atoms with Crippen LogP contribution in [0.3, 0.4) is 0 Å². The average molecular weight is 330 g/mol. The van der Waals surface area contributed by atoms with E-state index < -0.39 is 5.97 Å². The van der Waals surface area contributed by atoms with Crippen LogP contribution in [0.1, 0.15) is 15.9 Å². The Morgan fingerprint density at radius 1 is 0.920 bits per heavy atom. The van der Waals surface area contributed by atoms with Gasteiger partial charge in [0, 0.05) is 11.1 Å². The molecule has 0 radical (unpaired) electrons. The molecule has 0 saturated heterocycles. The Balaban J connectivity index is 2.15. The standard InChI is InChI=1S/C21H14O4/c1-12-18(22)16-10-5-11-17(21(23)24)20(16)25-19(12)15-9-4-7-13-6-2-3-8-14(13)15/h2-11H,1H3,(H,23,24). The number of carboxylic acid groups (broad SMARTS) is 1. The van der Waals surface area contributed by atoms with E-state index >= 15 is 0 Å². The van der Waals surface area contributed by atoms with E-state index in [1.807, 2.05) is 42.5 Å². The van der Waals surface area contributed by atoms with Crippen LogP contribution in [0.25, 0.3) is 33.1 Å². The van der Waals surface area contributed by atoms with Gasteiger partial charge in [-0.2, -0.15) is 0 Å². The van der Waals surface area contributed by atoms with Crippen molar-refractivity contribution in [1.29, 1.82) is 0 Å². The van der Waals surface area contributed by atoms with Gasteiger partial charge in [0.15, 0.2) is 11.0 Å². The molecule has 3 aromatic carbocycles. The van der Waals surface area contributed by atoms with Crippen molar-refractivity contribution >= 4 is 27.7 Å². The molecule has 1 aromatic heterocycles. The van der Waals surface area contributed by atoms with Gasteiger partial charge in [0.25, 0.3) is 0 Å². The van der Waals surface area contributed by atoms with Gasteiger partial charge in [0.1, 0.15) is 11.3 Å². The summed E-state index contributed by atoms with van der Waals surface area (Å²) in [6.45, 7) is 1.70. The number of hydrogen-bond donors (Lipinski definition) is 1. The van der Waals surface area contributed by atoms with Crippen LogP contribution in [-0.4, -0.2) is 11.1 Å². The topological polar surface area (TPSA) is 67.5 Å². The zero-order valence-corrected chi connectivity index (χ0v) is 13.4. The predicted molar refractivity (Wildman–Crippen MR) is 97.1 cm³/mol. The molecule has 4 rings (SSSR count). The number of fused-ring (bicyclic) bond motifs is 2. The smallest absolute Gasteiger partial charge is 0.339 e. The molecule has 0 amide bonds. The molecular weight excluding hydrogens is 316 g/mol. The second-order valence-corrected chi connectivity index (χ2v) is 5.90. The fourth-order valence-electron chi connectivity index (χ4n) is 3.16. The lowest BCUT2D eigenvalue weighted by molar-refractivity contribution is 0.0698. The molecule has 0 aliphatic rings. The lowest BCUT2D eigenvalue weighted by atomic mass is 9.99. The van der Waals surface area contributed by atoms with E-state index in [0.29, 0.717) is 11.3 Å². The van der Waals surface area contributed by atoms with Crippen molar-refractivity contribution in [2.24, 2.45) is 0 Å². The highest BCUT2D eigenvalue weighted by Crippen LogP contribution is 2.32. The summed E-state index contributed by atoms with van der Waals surface area (Å²) in [4.78, 5) is 24.3. The van der Waals surface area contributed by atoms with Crippen LogP contribution in [0.4, 0.5) is 0 Å². The van der Waals surface area contributed by atoms with Crippen LogP contribution < -0.4 is 5.43 Å². The molecule has 0 saturated carbocycles. The molecule has 0 fully saturated rings. The van der Waals surface area contributed by atoms with Crippen molar-refractivity contribution in [1.82, 2.24) is 0 Å². The van der Waals surface area contributed by atoms with Crippen LogP contribution >= 0.6 is 0 Å². The van der Waals surface area contributed by atoms with Gasteiger partial charge in [0.2, 0.25) is 0 Å². The van der Waals surface area contributed by atoms with Gasteiger partial charge < -0.3 is 9.52 Å². The number of rotatable bonds is 2. The molecule has 4 heteroatoms. The van der Waals surface area contributed by atoms with Gasteiger partial charge >= 0.3 is 5.97 Å². The molecule has 0 aliphatic heterocycles. The Labute approximate surface area is 143 Å². The summed E-state index contributed by atoms with van der Waals surface area (Å²) in [6, 6.07) is 18.1. The summed E-state index contributed by atoms with van der Waals surface area (Å²) in [5.41, 5.74) is 1.11. The molecule has 0 bridgehead atoms. The zero-order chi connectivity index (χ0) is 17.6. The van der Waals surface area contributed by atoms with Gasteiger partial charge in [-0.05, 0) is 29.8 Å². The van der Waals surface area contributed by atoms with Crippen molar-refractivity contribution in [2.45, 2.75) is 6.92 Å². The molecule has 0 aliphatic carbocycles. The second kappa shape index (κ2) is 5.60. The summed E-state index contributed by atoms with van der Waals surface area (Å²) in [7, 11) is 0. The van der Waals surface area contributed by atoms with E-state index in [1.54, 1.807) is 19.1 Å². The van der Waals surface area contributed by atoms with Crippen LogP contribution in [0.2, 0.25) is 0 Å². The first-order valence-corrected chi connectivity index (χ1v) is 7.86. The highest BCUT2D eigenvalue weighted by atomic mass is 16.4. The minimum Gasteiger partial charge on any atom is -0.478 e. The van der Waals surface area contributed by atoms with E-state index in [-0.39, 0.29) is 22.0 Å². The fraction of sp³-hybridized carbons (Fsp3) is 0.0476. The summed E-state index contributed by atoms with van der Waals surface area (Å²) >= 11 is 0. The molecule has 25 heavy (non-hydrogen) atoms. The van der Waals surface area contributed by atoms with Crippen molar-refractivity contribution in [3.05, 3.63) is 82.0 Å². The Bertz CT molecular complexity index is 1200. The summed E-state index contributed by atoms with van der Waals surface area (Å²) in [6.07, 6.45) is 0. The van der Waals surface area contributed by atoms with Crippen molar-refractivity contribution in [2.75, 3.05) is 0 Å². The largest absolute Gasteiger partial charge is 0.478 e. The minimum absolute atomic E-state index is 0.0175. The van der Waals surface area contributed by atoms with E-state index in [9.17, 15) is 14.7 Å². The van der Waals surface area contributed by atoms with Gasteiger partial charge in [0.05, 0.1) is 5.39 Å². The van der Waals surface area contributed by atoms with E-state index in [2.05, 4.69) is 0 Å². The molecule has 0 atom stereocenters. The van der Waals surface area contributed by atoms with Crippen molar-refractivity contribution in [3.63, 3.8) is 0 Å². The zero-order valence-electron chi connectivity index (χ0n) is 13.4. The fourth-order valence-corrected chi connectivity index (χ4v) is 3.16. The van der Waals surface area contributed by atoms with Crippen molar-refractivity contribution in [3.8, 4) is 11.3 Å². The molecule has 122 valence electrons. The van der Waals surface area contributed by atoms with Crippen molar-refractivity contribution < 1.29 is 14.3 Å². The van der Waals surface area contributed by atoms with Crippen LogP contribution in [-0.2, 0) is 0 Å². The minimum atomic E-state index is -1.12. The van der Waals surface area contributed by atoms with Gasteiger partial charge in [-0.25, -0.2) is 4.79 Å². The molecule has 1 heterocycles. The summed E-state index contributed by atoms with van der Waals surface area (Å²) in [5, 5.41) is 11.7. The summed E-state index contributed by atoms with van der Waals surface area (Å²) in [5.74, 6) is -0.718. The SMILES string of the molecule is Cc1c(-c2cccc3ccccc23)oc2c(C(=O)O)cccc2c1=O. The number of carboxylic acids is 1. The predicted octanol–water partition coefficient (Wildman–Crippen LogP) is 4.62. The maximum atomic E-state index is 12.8. The molecule has 4 nitrogen and oxygen atoms in total. The monoisotopic (exact) mass is 330 g/mol. The third-order valence-corrected chi connectivity index (χ3v) is 4.41. The Morgan fingerprint density at radius 2 is 1.60 bits per heavy atom. The molecule has 0 unspecified atom stereocenters. The lowest BCUT2D eigenvalue weighted by Crippen LogP contribution is -2.09. The Morgan fingerprint density at radius 3 is 2.40 bits per heavy atom. The van der Waals surface area contributed by atoms with Crippen LogP contribution in [0.5, 0.6) is 0 Å². The Kier molecular flexibility index (Phi) is 3.39. The summed E-state index contributed by atoms with van der Waals surface area (Å²) < 4.78 is 5.98. The maximum absolute atomic E-state index is 12.8. The maximum Gasteiger partial charge on any atom is 0.339 e. The third kappa shape index (κ3) is 2.31. The number of para-hydroxylation sites is 1. The lowest BCUT2D eigenvalue weighted by Gasteiger charge is -2.11. The number of hydrogen-bond acceptors (Lipinski definition) is 3. The van der Waals surface area contributed by atoms with E-state index in [0.717, 1.165) is 16.3 Å². The van der Waals surface area contributed by atoms with Crippen LogP contribution in [0.15, 0.2) is 69.9 Å². The third-order valence-electron chi connectivity index (χ3n) is 4.41. The van der Waals surface area contributed by atoms with Gasteiger partial charge in [-0.1, -0.05) is 48.5 Å². The molecular formula is C21H14O4. The second-order valence-electron chi connectivity index (χ2n) is 5.90. The average Bonchev–Trinajstić information content (AvgIpc) is 2.63. The number of benzene rings is 3. The molecule has 4 aromatic rings. The van der Waals surface area contributed by atoms with E-state index in [1.165, 1.54) is 6.07 Å². The van der Waals surface area contributed by atoms with E-state index in [4.69, 9.17) is 4.42 Å². The first-order valence-electron chi connectivity index (χ1n) is 7.86. The first-order chi connectivity index (χ1) is 12.1. The quantitative estimate of drug-likeness (QED) is 0.582. The Hall–Kier alpha value is -3.40. The number of aromatic carboxylic acids is 1. The highest BCUT2D eigenvalue weighted by molar-refractivity contribution is 6.02. The first kappa shape index (κ1) is 15.1. The van der Waals surface area contributed by atoms with Gasteiger partial charge in [-0.15, -0.1) is 0 Å². The van der Waals surface area contributed by atoms with Crippen LogP contribution in [0, 0.1) is 6.92 Å². The number of carbonyl (C=O) groups is 1.